The van der Waals surface area contributed by atoms with E-state index in [1.165, 1.54) is 36.2 Å². The molecule has 1 aliphatic rings. The number of phenolic OH excluding ortho intramolecular Hbond substituents is 1. The summed E-state index contributed by atoms with van der Waals surface area (Å²) in [5.41, 5.74) is 3.08. The van der Waals surface area contributed by atoms with Crippen LogP contribution >= 0.6 is 0 Å². The largest absolute Gasteiger partial charge is 0.508 e. The molecule has 1 fully saturated rings. The minimum Gasteiger partial charge on any atom is -0.508 e. The van der Waals surface area contributed by atoms with E-state index in [0.717, 1.165) is 37.5 Å². The molecule has 0 atom stereocenters. The molecule has 7 rings (SSSR count). The van der Waals surface area contributed by atoms with E-state index in [-0.39, 0.29) is 21.0 Å². The SMILES string of the molecule is O=Cc1ccc(Oc2ccc(S(=O)(=O)c3ccc(Oc4ccc(C(=O)Oc5ccc(C6(c7ccc(O)cc7)CCCCC6)cc5)cc4)cc3)cc2)cc1. The third kappa shape index (κ3) is 7.85. The van der Waals surface area contributed by atoms with Gasteiger partial charge in [0.05, 0.1) is 15.4 Å². The Kier molecular flexibility index (Phi) is 10.1. The molecule has 1 saturated carbocycles. The molecule has 0 spiro atoms. The second-order valence-corrected chi connectivity index (χ2v) is 14.9. The van der Waals surface area contributed by atoms with Gasteiger partial charge in [0.15, 0.2) is 0 Å². The van der Waals surface area contributed by atoms with Crippen molar-refractivity contribution in [2.75, 3.05) is 0 Å². The first kappa shape index (κ1) is 35.2. The highest BCUT2D eigenvalue weighted by atomic mass is 32.2. The number of aldehydes is 1. The number of esters is 1. The van der Waals surface area contributed by atoms with Gasteiger partial charge < -0.3 is 19.3 Å². The van der Waals surface area contributed by atoms with Gasteiger partial charge in [0.2, 0.25) is 9.84 Å². The second kappa shape index (κ2) is 15.2. The van der Waals surface area contributed by atoms with Crippen LogP contribution in [0.1, 0.15) is 63.9 Å². The lowest BCUT2D eigenvalue weighted by Gasteiger charge is -2.38. The number of hydrogen-bond donors (Lipinski definition) is 1. The Morgan fingerprint density at radius 3 is 1.43 bits per heavy atom. The van der Waals surface area contributed by atoms with Crippen LogP contribution in [0.15, 0.2) is 155 Å². The van der Waals surface area contributed by atoms with Crippen molar-refractivity contribution in [2.24, 2.45) is 0 Å². The van der Waals surface area contributed by atoms with E-state index < -0.39 is 15.8 Å². The third-order valence-electron chi connectivity index (χ3n) is 9.59. The molecule has 6 aromatic carbocycles. The van der Waals surface area contributed by atoms with Crippen molar-refractivity contribution >= 4 is 22.1 Å². The standard InChI is InChI=1S/C44H36O8S/c45-30-31-4-14-36(15-5-31)50-38-20-24-41(25-21-38)53(48,49)42-26-22-39(23-27-42)51-37-16-6-32(7-17-37)43(47)52-40-18-10-34(11-19-40)44(28-2-1-3-29-44)33-8-12-35(46)13-9-33/h4-27,30,46H,1-3,28-29H2. The summed E-state index contributed by atoms with van der Waals surface area (Å²) in [6, 6.07) is 40.5. The fourth-order valence-electron chi connectivity index (χ4n) is 6.74. The first-order valence-corrected chi connectivity index (χ1v) is 18.8. The van der Waals surface area contributed by atoms with Gasteiger partial charge in [0.1, 0.15) is 40.8 Å². The van der Waals surface area contributed by atoms with E-state index in [2.05, 4.69) is 0 Å². The molecular weight excluding hydrogens is 689 g/mol. The summed E-state index contributed by atoms with van der Waals surface area (Å²) in [4.78, 5) is 24.1. The van der Waals surface area contributed by atoms with Crippen molar-refractivity contribution in [1.29, 1.82) is 0 Å². The van der Waals surface area contributed by atoms with Gasteiger partial charge in [-0.1, -0.05) is 43.5 Å². The molecule has 0 unspecified atom stereocenters. The Balaban J connectivity index is 0.956. The number of rotatable bonds is 11. The Morgan fingerprint density at radius 2 is 0.962 bits per heavy atom. The Bertz CT molecular complexity index is 2290. The number of hydrogen-bond acceptors (Lipinski definition) is 8. The number of aromatic hydroxyl groups is 1. The molecule has 0 heterocycles. The Morgan fingerprint density at radius 1 is 0.547 bits per heavy atom. The van der Waals surface area contributed by atoms with Gasteiger partial charge in [-0.25, -0.2) is 13.2 Å². The first-order valence-electron chi connectivity index (χ1n) is 17.3. The zero-order chi connectivity index (χ0) is 36.8. The topological polar surface area (TPSA) is 116 Å². The van der Waals surface area contributed by atoms with E-state index in [9.17, 15) is 23.1 Å². The lowest BCUT2D eigenvalue weighted by atomic mass is 9.65. The molecule has 1 N–H and O–H groups in total. The summed E-state index contributed by atoms with van der Waals surface area (Å²) in [5.74, 6) is 2.05. The monoisotopic (exact) mass is 724 g/mol. The number of carbonyl (C=O) groups is 2. The van der Waals surface area contributed by atoms with Gasteiger partial charge in [-0.3, -0.25) is 4.79 Å². The van der Waals surface area contributed by atoms with Crippen molar-refractivity contribution in [1.82, 2.24) is 0 Å². The van der Waals surface area contributed by atoms with Crippen LogP contribution in [0.25, 0.3) is 0 Å². The first-order chi connectivity index (χ1) is 25.7. The summed E-state index contributed by atoms with van der Waals surface area (Å²) in [7, 11) is -3.80. The van der Waals surface area contributed by atoms with E-state index in [1.807, 2.05) is 36.4 Å². The molecule has 0 aliphatic heterocycles. The second-order valence-electron chi connectivity index (χ2n) is 13.0. The molecular formula is C44H36O8S. The van der Waals surface area contributed by atoms with Crippen molar-refractivity contribution in [3.8, 4) is 34.5 Å². The summed E-state index contributed by atoms with van der Waals surface area (Å²) in [5, 5.41) is 9.83. The van der Waals surface area contributed by atoms with Crippen LogP contribution in [-0.2, 0) is 15.3 Å². The smallest absolute Gasteiger partial charge is 0.343 e. The number of phenols is 1. The van der Waals surface area contributed by atoms with Gasteiger partial charge >= 0.3 is 5.97 Å². The van der Waals surface area contributed by atoms with Gasteiger partial charge in [0, 0.05) is 11.0 Å². The minimum atomic E-state index is -3.80. The molecule has 1 aliphatic carbocycles. The number of benzene rings is 6. The summed E-state index contributed by atoms with van der Waals surface area (Å²) in [6.07, 6.45) is 6.23. The average molecular weight is 725 g/mol. The highest BCUT2D eigenvalue weighted by Gasteiger charge is 2.35. The maximum Gasteiger partial charge on any atom is 0.343 e. The quantitative estimate of drug-likeness (QED) is 0.0798. The molecule has 8 nitrogen and oxygen atoms in total. The number of carbonyl (C=O) groups excluding carboxylic acids is 2. The van der Waals surface area contributed by atoms with Gasteiger partial charge in [-0.05, 0) is 145 Å². The predicted octanol–water partition coefficient (Wildman–Crippen LogP) is 10.1. The average Bonchev–Trinajstić information content (AvgIpc) is 3.20. The van der Waals surface area contributed by atoms with E-state index >= 15 is 0 Å². The molecule has 9 heteroatoms. The molecule has 0 radical (unpaired) electrons. The summed E-state index contributed by atoms with van der Waals surface area (Å²) < 4.78 is 43.9. The van der Waals surface area contributed by atoms with Crippen molar-refractivity contribution in [2.45, 2.75) is 47.3 Å². The van der Waals surface area contributed by atoms with Crippen LogP contribution in [0.2, 0.25) is 0 Å². The van der Waals surface area contributed by atoms with Gasteiger partial charge in [-0.2, -0.15) is 0 Å². The van der Waals surface area contributed by atoms with Crippen molar-refractivity contribution < 1.29 is 37.3 Å². The van der Waals surface area contributed by atoms with Crippen LogP contribution in [0.3, 0.4) is 0 Å². The summed E-state index contributed by atoms with van der Waals surface area (Å²) >= 11 is 0. The lowest BCUT2D eigenvalue weighted by Crippen LogP contribution is -2.30. The van der Waals surface area contributed by atoms with Crippen LogP contribution in [-0.4, -0.2) is 25.8 Å². The van der Waals surface area contributed by atoms with Crippen LogP contribution < -0.4 is 14.2 Å². The van der Waals surface area contributed by atoms with Crippen LogP contribution in [0, 0.1) is 0 Å². The predicted molar refractivity (Wildman–Crippen MR) is 200 cm³/mol. The molecule has 0 aromatic heterocycles. The summed E-state index contributed by atoms with van der Waals surface area (Å²) in [6.45, 7) is 0. The number of ether oxygens (including phenoxy) is 3. The molecule has 0 bridgehead atoms. The fourth-order valence-corrected chi connectivity index (χ4v) is 8.00. The van der Waals surface area contributed by atoms with Gasteiger partial charge in [0.25, 0.3) is 0 Å². The normalized spacial score (nSPS) is 13.8. The highest BCUT2D eigenvalue weighted by molar-refractivity contribution is 7.91. The zero-order valence-corrected chi connectivity index (χ0v) is 29.5. The maximum absolute atomic E-state index is 13.3. The van der Waals surface area contributed by atoms with Crippen molar-refractivity contribution in [3.63, 3.8) is 0 Å². The molecule has 6 aromatic rings. The lowest BCUT2D eigenvalue weighted by molar-refractivity contribution is 0.0734. The molecule has 53 heavy (non-hydrogen) atoms. The molecule has 0 saturated heterocycles. The highest BCUT2D eigenvalue weighted by Crippen LogP contribution is 2.45. The maximum atomic E-state index is 13.3. The zero-order valence-electron chi connectivity index (χ0n) is 28.7. The van der Waals surface area contributed by atoms with Gasteiger partial charge in [-0.15, -0.1) is 0 Å². The molecule has 266 valence electrons. The number of sulfone groups is 1. The fraction of sp³-hybridized carbons (Fsp3) is 0.136. The minimum absolute atomic E-state index is 0.100. The van der Waals surface area contributed by atoms with Crippen LogP contribution in [0.4, 0.5) is 0 Å². The van der Waals surface area contributed by atoms with Crippen LogP contribution in [0.5, 0.6) is 34.5 Å². The molecule has 0 amide bonds. The Labute approximate surface area is 308 Å². The van der Waals surface area contributed by atoms with E-state index in [4.69, 9.17) is 14.2 Å². The third-order valence-corrected chi connectivity index (χ3v) is 11.4. The van der Waals surface area contributed by atoms with Crippen molar-refractivity contribution in [3.05, 3.63) is 168 Å². The van der Waals surface area contributed by atoms with E-state index in [1.54, 1.807) is 84.9 Å². The Hall–Kier alpha value is -6.19. The van der Waals surface area contributed by atoms with E-state index in [0.29, 0.717) is 39.9 Å².